The second-order valence-corrected chi connectivity index (χ2v) is 6.78. The van der Waals surface area contributed by atoms with Gasteiger partial charge in [-0.05, 0) is 26.7 Å². The lowest BCUT2D eigenvalue weighted by molar-refractivity contribution is -0.142. The number of nitrogens with one attached hydrogen (secondary N) is 1. The molecule has 1 fully saturated rings. The summed E-state index contributed by atoms with van der Waals surface area (Å²) in [6.45, 7) is 2.97. The molecule has 4 N–H and O–H groups in total. The van der Waals surface area contributed by atoms with Crippen LogP contribution in [0.1, 0.15) is 26.7 Å². The lowest BCUT2D eigenvalue weighted by Crippen LogP contribution is -2.57. The first-order chi connectivity index (χ1) is 8.56. The van der Waals surface area contributed by atoms with Gasteiger partial charge in [-0.2, -0.15) is 17.4 Å². The molecule has 0 aromatic carbocycles. The zero-order chi connectivity index (χ0) is 14.8. The molecule has 1 aliphatic heterocycles. The van der Waals surface area contributed by atoms with Gasteiger partial charge in [0.2, 0.25) is 5.91 Å². The molecule has 110 valence electrons. The summed E-state index contributed by atoms with van der Waals surface area (Å²) in [6, 6.07) is 0. The van der Waals surface area contributed by atoms with E-state index in [1.54, 1.807) is 0 Å². The van der Waals surface area contributed by atoms with Crippen molar-refractivity contribution < 1.29 is 23.1 Å². The minimum Gasteiger partial charge on any atom is -0.481 e. The highest BCUT2D eigenvalue weighted by atomic mass is 32.2. The average molecular weight is 293 g/mol. The van der Waals surface area contributed by atoms with Crippen LogP contribution in [-0.4, -0.2) is 48.3 Å². The van der Waals surface area contributed by atoms with Crippen molar-refractivity contribution in [3.8, 4) is 0 Å². The number of carboxylic acid groups (broad SMARTS) is 1. The molecule has 0 unspecified atom stereocenters. The maximum atomic E-state index is 12.0. The number of aliphatic carboxylic acids is 1. The summed E-state index contributed by atoms with van der Waals surface area (Å²) in [4.78, 5) is 21.9. The van der Waals surface area contributed by atoms with E-state index in [1.807, 2.05) is 0 Å². The molecule has 0 aromatic heterocycles. The van der Waals surface area contributed by atoms with Gasteiger partial charge < -0.3 is 10.8 Å². The number of amides is 1. The Hall–Kier alpha value is -1.19. The van der Waals surface area contributed by atoms with E-state index in [9.17, 15) is 18.0 Å². The van der Waals surface area contributed by atoms with Crippen molar-refractivity contribution in [1.29, 1.82) is 0 Å². The topological polar surface area (TPSA) is 130 Å². The van der Waals surface area contributed by atoms with Gasteiger partial charge in [0, 0.05) is 13.1 Å². The van der Waals surface area contributed by atoms with Gasteiger partial charge in [-0.1, -0.05) is 0 Å². The summed E-state index contributed by atoms with van der Waals surface area (Å²) in [5.41, 5.74) is 3.72. The van der Waals surface area contributed by atoms with Crippen molar-refractivity contribution in [2.24, 2.45) is 11.7 Å². The largest absolute Gasteiger partial charge is 0.481 e. The molecule has 0 aliphatic carbocycles. The monoisotopic (exact) mass is 293 g/mol. The van der Waals surface area contributed by atoms with Gasteiger partial charge in [-0.3, -0.25) is 9.59 Å². The Morgan fingerprint density at radius 1 is 1.32 bits per heavy atom. The predicted molar refractivity (Wildman–Crippen MR) is 67.3 cm³/mol. The standard InChI is InChI=1S/C10H19N3O5S/c1-10(2,9(11)16)12-19(17,18)13-5-3-7(4-6-13)8(14)15/h7,12H,3-6H2,1-2H3,(H2,11,16)(H,14,15). The van der Waals surface area contributed by atoms with Gasteiger partial charge in [-0.25, -0.2) is 0 Å². The number of carboxylic acids is 1. The quantitative estimate of drug-likeness (QED) is 0.591. The number of hydrogen-bond donors (Lipinski definition) is 3. The second kappa shape index (κ2) is 5.43. The third kappa shape index (κ3) is 3.88. The second-order valence-electron chi connectivity index (χ2n) is 5.11. The van der Waals surface area contributed by atoms with Crippen molar-refractivity contribution in [2.75, 3.05) is 13.1 Å². The number of nitrogens with zero attached hydrogens (tertiary/aromatic N) is 1. The lowest BCUT2D eigenvalue weighted by Gasteiger charge is -2.32. The maximum Gasteiger partial charge on any atom is 0.306 e. The summed E-state index contributed by atoms with van der Waals surface area (Å²) in [5, 5.41) is 8.84. The summed E-state index contributed by atoms with van der Waals surface area (Å²) in [6.07, 6.45) is 0.514. The molecule has 0 radical (unpaired) electrons. The van der Waals surface area contributed by atoms with Crippen molar-refractivity contribution in [3.05, 3.63) is 0 Å². The molecule has 0 saturated carbocycles. The molecule has 1 saturated heterocycles. The maximum absolute atomic E-state index is 12.0. The lowest BCUT2D eigenvalue weighted by atomic mass is 9.99. The van der Waals surface area contributed by atoms with E-state index >= 15 is 0 Å². The molecular weight excluding hydrogens is 274 g/mol. The van der Waals surface area contributed by atoms with Crippen LogP contribution in [0, 0.1) is 5.92 Å². The van der Waals surface area contributed by atoms with Crippen molar-refractivity contribution in [1.82, 2.24) is 9.03 Å². The zero-order valence-electron chi connectivity index (χ0n) is 10.9. The zero-order valence-corrected chi connectivity index (χ0v) is 11.7. The third-order valence-corrected chi connectivity index (χ3v) is 4.96. The van der Waals surface area contributed by atoms with Gasteiger partial charge in [0.25, 0.3) is 10.2 Å². The van der Waals surface area contributed by atoms with Crippen molar-refractivity contribution in [2.45, 2.75) is 32.2 Å². The predicted octanol–water partition coefficient (Wildman–Crippen LogP) is -1.12. The molecule has 19 heavy (non-hydrogen) atoms. The highest BCUT2D eigenvalue weighted by molar-refractivity contribution is 7.87. The molecule has 9 heteroatoms. The van der Waals surface area contributed by atoms with Crippen LogP contribution in [0.3, 0.4) is 0 Å². The number of rotatable bonds is 5. The Bertz CT molecular complexity index is 466. The van der Waals surface area contributed by atoms with Crippen LogP contribution in [-0.2, 0) is 19.8 Å². The third-order valence-electron chi connectivity index (χ3n) is 3.14. The number of hydrogen-bond acceptors (Lipinski definition) is 4. The van der Waals surface area contributed by atoms with Crippen LogP contribution < -0.4 is 10.5 Å². The van der Waals surface area contributed by atoms with E-state index in [1.165, 1.54) is 13.8 Å². The Morgan fingerprint density at radius 2 is 1.79 bits per heavy atom. The minimum absolute atomic E-state index is 0.112. The van der Waals surface area contributed by atoms with E-state index in [-0.39, 0.29) is 25.9 Å². The van der Waals surface area contributed by atoms with Crippen LogP contribution in [0.25, 0.3) is 0 Å². The molecule has 0 bridgehead atoms. The summed E-state index contributed by atoms with van der Waals surface area (Å²) < 4.78 is 27.4. The number of carbonyl (C=O) groups is 2. The van der Waals surface area contributed by atoms with E-state index in [2.05, 4.69) is 4.72 Å². The van der Waals surface area contributed by atoms with Crippen LogP contribution in [0.4, 0.5) is 0 Å². The van der Waals surface area contributed by atoms with Gasteiger partial charge in [0.1, 0.15) is 5.54 Å². The average Bonchev–Trinajstić information content (AvgIpc) is 2.27. The van der Waals surface area contributed by atoms with Crippen molar-refractivity contribution in [3.63, 3.8) is 0 Å². The summed E-state index contributed by atoms with van der Waals surface area (Å²) in [5.74, 6) is -2.21. The molecule has 1 rings (SSSR count). The van der Waals surface area contributed by atoms with Gasteiger partial charge in [-0.15, -0.1) is 0 Å². The smallest absolute Gasteiger partial charge is 0.306 e. The normalized spacial score (nSPS) is 19.3. The number of primary amides is 1. The Balaban J connectivity index is 2.71. The summed E-state index contributed by atoms with van der Waals surface area (Å²) >= 11 is 0. The SMILES string of the molecule is CC(C)(NS(=O)(=O)N1CCC(C(=O)O)CC1)C(N)=O. The molecule has 0 aromatic rings. The highest BCUT2D eigenvalue weighted by Crippen LogP contribution is 2.20. The van der Waals surface area contributed by atoms with E-state index in [0.29, 0.717) is 0 Å². The van der Waals surface area contributed by atoms with Crippen LogP contribution in [0.2, 0.25) is 0 Å². The number of piperidine rings is 1. The molecule has 1 amide bonds. The molecule has 1 heterocycles. The van der Waals surface area contributed by atoms with E-state index < -0.39 is 33.5 Å². The Labute approximate surface area is 112 Å². The fraction of sp³-hybridized carbons (Fsp3) is 0.800. The Morgan fingerprint density at radius 3 is 2.16 bits per heavy atom. The first kappa shape index (κ1) is 15.9. The van der Waals surface area contributed by atoms with E-state index in [4.69, 9.17) is 10.8 Å². The van der Waals surface area contributed by atoms with Crippen molar-refractivity contribution >= 4 is 22.1 Å². The van der Waals surface area contributed by atoms with Gasteiger partial charge in [0.05, 0.1) is 5.92 Å². The van der Waals surface area contributed by atoms with Gasteiger partial charge in [0.15, 0.2) is 0 Å². The molecule has 8 nitrogen and oxygen atoms in total. The molecule has 0 atom stereocenters. The first-order valence-corrected chi connectivity index (χ1v) is 7.32. The van der Waals surface area contributed by atoms with E-state index in [0.717, 1.165) is 4.31 Å². The first-order valence-electron chi connectivity index (χ1n) is 5.88. The molecular formula is C10H19N3O5S. The number of carbonyl (C=O) groups excluding carboxylic acids is 1. The molecule has 1 aliphatic rings. The van der Waals surface area contributed by atoms with Crippen LogP contribution in [0.5, 0.6) is 0 Å². The highest BCUT2D eigenvalue weighted by Gasteiger charge is 2.36. The number of nitrogens with two attached hydrogens (primary N) is 1. The van der Waals surface area contributed by atoms with Crippen LogP contribution in [0.15, 0.2) is 0 Å². The fourth-order valence-corrected chi connectivity index (χ4v) is 3.35. The molecule has 0 spiro atoms. The summed E-state index contributed by atoms with van der Waals surface area (Å²) in [7, 11) is -3.85. The van der Waals surface area contributed by atoms with Crippen LogP contribution >= 0.6 is 0 Å². The minimum atomic E-state index is -3.85. The fourth-order valence-electron chi connectivity index (χ4n) is 1.78. The van der Waals surface area contributed by atoms with Gasteiger partial charge >= 0.3 is 5.97 Å². The Kier molecular flexibility index (Phi) is 4.54.